The summed E-state index contributed by atoms with van der Waals surface area (Å²) in [6, 6.07) is 0.467. The van der Waals surface area contributed by atoms with Crippen molar-refractivity contribution in [3.05, 3.63) is 0 Å². The van der Waals surface area contributed by atoms with Gasteiger partial charge in [0.2, 0.25) is 5.91 Å². The molecule has 0 aliphatic heterocycles. The van der Waals surface area contributed by atoms with Gasteiger partial charge in [-0.05, 0) is 56.3 Å². The first-order chi connectivity index (χ1) is 8.44. The third-order valence-corrected chi connectivity index (χ3v) is 4.57. The number of rotatable bonds is 3. The molecule has 2 saturated carbocycles. The Kier molecular flexibility index (Phi) is 4.34. The molecule has 2 aliphatic carbocycles. The molecule has 0 spiro atoms. The van der Waals surface area contributed by atoms with Crippen molar-refractivity contribution in [2.24, 2.45) is 17.3 Å². The van der Waals surface area contributed by atoms with E-state index in [1.165, 1.54) is 38.5 Å². The van der Waals surface area contributed by atoms with Crippen molar-refractivity contribution in [2.75, 3.05) is 0 Å². The summed E-state index contributed by atoms with van der Waals surface area (Å²) in [4.78, 5) is 11.9. The summed E-state index contributed by atoms with van der Waals surface area (Å²) in [5, 5.41) is 3.27. The zero-order valence-electron chi connectivity index (χ0n) is 12.3. The minimum Gasteiger partial charge on any atom is -0.353 e. The molecule has 2 rings (SSSR count). The molecule has 2 heteroatoms. The molecule has 1 N–H and O–H groups in total. The van der Waals surface area contributed by atoms with Gasteiger partial charge in [0.1, 0.15) is 0 Å². The highest BCUT2D eigenvalue weighted by atomic mass is 16.2. The SMILES string of the molecule is CC(C)(C)C[C@H]1CC[C@H](NC(=O)C2CCC2)CC1. The van der Waals surface area contributed by atoms with E-state index in [0.29, 0.717) is 23.3 Å². The van der Waals surface area contributed by atoms with Gasteiger partial charge in [0.25, 0.3) is 0 Å². The summed E-state index contributed by atoms with van der Waals surface area (Å²) in [6.45, 7) is 6.99. The highest BCUT2D eigenvalue weighted by Gasteiger charge is 2.29. The van der Waals surface area contributed by atoms with Crippen molar-refractivity contribution in [2.45, 2.75) is 78.2 Å². The smallest absolute Gasteiger partial charge is 0.223 e. The number of amides is 1. The maximum absolute atomic E-state index is 11.9. The molecule has 2 fully saturated rings. The second-order valence-electron chi connectivity index (χ2n) is 7.62. The van der Waals surface area contributed by atoms with Crippen LogP contribution in [-0.2, 0) is 4.79 Å². The van der Waals surface area contributed by atoms with Gasteiger partial charge in [0.15, 0.2) is 0 Å². The van der Waals surface area contributed by atoms with E-state index >= 15 is 0 Å². The first kappa shape index (κ1) is 13.9. The summed E-state index contributed by atoms with van der Waals surface area (Å²) in [6.07, 6.45) is 9.79. The first-order valence-electron chi connectivity index (χ1n) is 7.74. The number of carbonyl (C=O) groups is 1. The van der Waals surface area contributed by atoms with Crippen LogP contribution in [0.2, 0.25) is 0 Å². The topological polar surface area (TPSA) is 29.1 Å². The van der Waals surface area contributed by atoms with Crippen LogP contribution in [0.5, 0.6) is 0 Å². The fraction of sp³-hybridized carbons (Fsp3) is 0.938. The lowest BCUT2D eigenvalue weighted by atomic mass is 9.76. The van der Waals surface area contributed by atoms with Gasteiger partial charge in [-0.3, -0.25) is 4.79 Å². The molecule has 0 atom stereocenters. The Balaban J connectivity index is 1.68. The largest absolute Gasteiger partial charge is 0.353 e. The Labute approximate surface area is 112 Å². The van der Waals surface area contributed by atoms with E-state index in [4.69, 9.17) is 0 Å². The second-order valence-corrected chi connectivity index (χ2v) is 7.62. The van der Waals surface area contributed by atoms with Crippen LogP contribution in [0.4, 0.5) is 0 Å². The van der Waals surface area contributed by atoms with Crippen LogP contribution in [0.15, 0.2) is 0 Å². The molecule has 104 valence electrons. The molecule has 2 aliphatic rings. The predicted molar refractivity (Wildman–Crippen MR) is 75.3 cm³/mol. The molecule has 0 aromatic carbocycles. The maximum Gasteiger partial charge on any atom is 0.223 e. The molecule has 0 unspecified atom stereocenters. The van der Waals surface area contributed by atoms with Gasteiger partial charge in [0.05, 0.1) is 0 Å². The van der Waals surface area contributed by atoms with E-state index in [2.05, 4.69) is 26.1 Å². The Morgan fingerprint density at radius 2 is 1.67 bits per heavy atom. The normalized spacial score (nSPS) is 29.7. The number of nitrogens with one attached hydrogen (secondary N) is 1. The van der Waals surface area contributed by atoms with Gasteiger partial charge in [-0.2, -0.15) is 0 Å². The van der Waals surface area contributed by atoms with Crippen LogP contribution in [0, 0.1) is 17.3 Å². The van der Waals surface area contributed by atoms with Crippen molar-refractivity contribution >= 4 is 5.91 Å². The van der Waals surface area contributed by atoms with Gasteiger partial charge >= 0.3 is 0 Å². The number of hydrogen-bond acceptors (Lipinski definition) is 1. The van der Waals surface area contributed by atoms with Crippen molar-refractivity contribution in [1.29, 1.82) is 0 Å². The van der Waals surface area contributed by atoms with Crippen LogP contribution >= 0.6 is 0 Å². The average molecular weight is 251 g/mol. The van der Waals surface area contributed by atoms with Gasteiger partial charge < -0.3 is 5.32 Å². The van der Waals surface area contributed by atoms with Gasteiger partial charge in [-0.25, -0.2) is 0 Å². The van der Waals surface area contributed by atoms with Gasteiger partial charge in [-0.1, -0.05) is 27.2 Å². The van der Waals surface area contributed by atoms with Crippen LogP contribution in [0.3, 0.4) is 0 Å². The third-order valence-electron chi connectivity index (χ3n) is 4.57. The molecular formula is C16H29NO. The van der Waals surface area contributed by atoms with E-state index in [1.54, 1.807) is 0 Å². The Hall–Kier alpha value is -0.530. The Bertz CT molecular complexity index is 280. The highest BCUT2D eigenvalue weighted by molar-refractivity contribution is 5.79. The fourth-order valence-electron chi connectivity index (χ4n) is 3.37. The molecule has 2 nitrogen and oxygen atoms in total. The van der Waals surface area contributed by atoms with Crippen molar-refractivity contribution in [1.82, 2.24) is 5.32 Å². The number of hydrogen-bond donors (Lipinski definition) is 1. The summed E-state index contributed by atoms with van der Waals surface area (Å²) >= 11 is 0. The maximum atomic E-state index is 11.9. The van der Waals surface area contributed by atoms with Gasteiger partial charge in [0, 0.05) is 12.0 Å². The number of carbonyl (C=O) groups excluding carboxylic acids is 1. The molecule has 0 aromatic heterocycles. The summed E-state index contributed by atoms with van der Waals surface area (Å²) < 4.78 is 0. The van der Waals surface area contributed by atoms with E-state index in [1.807, 2.05) is 0 Å². The van der Waals surface area contributed by atoms with E-state index in [0.717, 1.165) is 18.8 Å². The minimum absolute atomic E-state index is 0.334. The van der Waals surface area contributed by atoms with Crippen molar-refractivity contribution < 1.29 is 4.79 Å². The predicted octanol–water partition coefficient (Wildman–Crippen LogP) is 3.90. The van der Waals surface area contributed by atoms with Crippen LogP contribution in [0.1, 0.15) is 72.1 Å². The molecule has 0 bridgehead atoms. The molecule has 0 radical (unpaired) electrons. The zero-order valence-corrected chi connectivity index (χ0v) is 12.3. The first-order valence-corrected chi connectivity index (χ1v) is 7.74. The Morgan fingerprint density at radius 3 is 2.11 bits per heavy atom. The minimum atomic E-state index is 0.334. The zero-order chi connectivity index (χ0) is 13.2. The highest BCUT2D eigenvalue weighted by Crippen LogP contribution is 2.34. The van der Waals surface area contributed by atoms with E-state index < -0.39 is 0 Å². The van der Waals surface area contributed by atoms with Crippen LogP contribution in [0.25, 0.3) is 0 Å². The summed E-state index contributed by atoms with van der Waals surface area (Å²) in [5.41, 5.74) is 0.451. The molecule has 0 heterocycles. The fourth-order valence-corrected chi connectivity index (χ4v) is 3.37. The summed E-state index contributed by atoms with van der Waals surface area (Å²) in [5.74, 6) is 1.56. The monoisotopic (exact) mass is 251 g/mol. The van der Waals surface area contributed by atoms with Crippen LogP contribution < -0.4 is 5.32 Å². The molecule has 1 amide bonds. The molecular weight excluding hydrogens is 222 g/mol. The summed E-state index contributed by atoms with van der Waals surface area (Å²) in [7, 11) is 0. The van der Waals surface area contributed by atoms with E-state index in [-0.39, 0.29) is 0 Å². The van der Waals surface area contributed by atoms with Crippen molar-refractivity contribution in [3.63, 3.8) is 0 Å². The quantitative estimate of drug-likeness (QED) is 0.810. The third kappa shape index (κ3) is 4.00. The van der Waals surface area contributed by atoms with Crippen LogP contribution in [-0.4, -0.2) is 11.9 Å². The van der Waals surface area contributed by atoms with E-state index in [9.17, 15) is 4.79 Å². The lowest BCUT2D eigenvalue weighted by molar-refractivity contribution is -0.128. The lowest BCUT2D eigenvalue weighted by Gasteiger charge is -2.34. The van der Waals surface area contributed by atoms with Crippen molar-refractivity contribution in [3.8, 4) is 0 Å². The average Bonchev–Trinajstić information content (AvgIpc) is 2.16. The van der Waals surface area contributed by atoms with Gasteiger partial charge in [-0.15, -0.1) is 0 Å². The molecule has 18 heavy (non-hydrogen) atoms. The molecule has 0 aromatic rings. The lowest BCUT2D eigenvalue weighted by Crippen LogP contribution is -2.42. The Morgan fingerprint density at radius 1 is 1.06 bits per heavy atom. The standard InChI is InChI=1S/C16H29NO/c1-16(2,3)11-12-7-9-14(10-8-12)17-15(18)13-5-4-6-13/h12-14H,4-11H2,1-3H3,(H,17,18)/t12-,14-. The second kappa shape index (κ2) is 5.63. The molecule has 0 saturated heterocycles.